The third-order valence-electron chi connectivity index (χ3n) is 5.90. The third kappa shape index (κ3) is 6.82. The number of hydrogen-bond acceptors (Lipinski definition) is 3. The molecule has 1 atom stereocenters. The van der Waals surface area contributed by atoms with Gasteiger partial charge in [-0.1, -0.05) is 31.2 Å². The van der Waals surface area contributed by atoms with Crippen LogP contribution >= 0.6 is 0 Å². The fourth-order valence-electron chi connectivity index (χ4n) is 4.02. The van der Waals surface area contributed by atoms with E-state index in [0.29, 0.717) is 31.9 Å². The number of piperidine rings is 1. The summed E-state index contributed by atoms with van der Waals surface area (Å²) < 4.78 is 5.31. The lowest BCUT2D eigenvalue weighted by atomic mass is 9.89. The first-order chi connectivity index (χ1) is 15.6. The lowest BCUT2D eigenvalue weighted by Crippen LogP contribution is -2.41. The number of nitrogens with one attached hydrogen (secondary N) is 2. The SMILES string of the molecule is CCOCCCNC(=O)c1cccc([C@@H]2CCCN(C(=O)Nc3ccc(CC)cc3)C2)c1. The average molecular weight is 438 g/mol. The van der Waals surface area contributed by atoms with Crippen LogP contribution in [0.4, 0.5) is 10.5 Å². The molecule has 0 saturated carbocycles. The number of carbonyl (C=O) groups excluding carboxylic acids is 2. The molecular weight excluding hydrogens is 402 g/mol. The number of carbonyl (C=O) groups is 2. The van der Waals surface area contributed by atoms with E-state index in [0.717, 1.165) is 43.5 Å². The van der Waals surface area contributed by atoms with Gasteiger partial charge in [0.2, 0.25) is 0 Å². The summed E-state index contributed by atoms with van der Waals surface area (Å²) in [4.78, 5) is 27.2. The molecule has 2 aromatic rings. The van der Waals surface area contributed by atoms with E-state index in [-0.39, 0.29) is 17.9 Å². The van der Waals surface area contributed by atoms with Crippen LogP contribution in [0.25, 0.3) is 0 Å². The second-order valence-corrected chi connectivity index (χ2v) is 8.20. The van der Waals surface area contributed by atoms with Crippen molar-refractivity contribution < 1.29 is 14.3 Å². The van der Waals surface area contributed by atoms with E-state index in [1.54, 1.807) is 0 Å². The fraction of sp³-hybridized carbons (Fsp3) is 0.462. The number of ether oxygens (including phenoxy) is 1. The molecule has 2 aromatic carbocycles. The van der Waals surface area contributed by atoms with Gasteiger partial charge in [-0.2, -0.15) is 0 Å². The zero-order valence-electron chi connectivity index (χ0n) is 19.2. The van der Waals surface area contributed by atoms with Crippen molar-refractivity contribution in [2.45, 2.75) is 45.4 Å². The number of nitrogens with zero attached hydrogens (tertiary/aromatic N) is 1. The minimum atomic E-state index is -0.0675. The molecule has 0 unspecified atom stereocenters. The first-order valence-electron chi connectivity index (χ1n) is 11.7. The van der Waals surface area contributed by atoms with Crippen LogP contribution in [0, 0.1) is 0 Å². The molecule has 1 fully saturated rings. The number of likely N-dealkylation sites (tertiary alicyclic amines) is 1. The predicted octanol–water partition coefficient (Wildman–Crippen LogP) is 4.82. The van der Waals surface area contributed by atoms with Gasteiger partial charge < -0.3 is 20.3 Å². The largest absolute Gasteiger partial charge is 0.382 e. The van der Waals surface area contributed by atoms with Gasteiger partial charge in [-0.3, -0.25) is 4.79 Å². The summed E-state index contributed by atoms with van der Waals surface area (Å²) in [6, 6.07) is 15.7. The number of aryl methyl sites for hydroxylation is 1. The van der Waals surface area contributed by atoms with Crippen molar-refractivity contribution in [2.75, 3.05) is 38.2 Å². The minimum Gasteiger partial charge on any atom is -0.382 e. The quantitative estimate of drug-likeness (QED) is 0.553. The van der Waals surface area contributed by atoms with Gasteiger partial charge in [-0.25, -0.2) is 4.79 Å². The highest BCUT2D eigenvalue weighted by Crippen LogP contribution is 2.28. The molecule has 32 heavy (non-hydrogen) atoms. The van der Waals surface area contributed by atoms with Crippen LogP contribution in [-0.4, -0.2) is 49.7 Å². The Morgan fingerprint density at radius 3 is 2.69 bits per heavy atom. The highest BCUT2D eigenvalue weighted by atomic mass is 16.5. The van der Waals surface area contributed by atoms with Crippen LogP contribution in [-0.2, 0) is 11.2 Å². The van der Waals surface area contributed by atoms with Crippen LogP contribution < -0.4 is 10.6 Å². The number of anilines is 1. The van der Waals surface area contributed by atoms with Gasteiger partial charge in [0.05, 0.1) is 0 Å². The Hall–Kier alpha value is -2.86. The van der Waals surface area contributed by atoms with Gasteiger partial charge in [0, 0.05) is 50.0 Å². The van der Waals surface area contributed by atoms with E-state index in [2.05, 4.69) is 23.6 Å². The molecule has 1 aliphatic heterocycles. The van der Waals surface area contributed by atoms with E-state index >= 15 is 0 Å². The molecule has 1 heterocycles. The van der Waals surface area contributed by atoms with Crippen molar-refractivity contribution in [3.8, 4) is 0 Å². The van der Waals surface area contributed by atoms with E-state index in [1.165, 1.54) is 5.56 Å². The lowest BCUT2D eigenvalue weighted by molar-refractivity contribution is 0.0944. The van der Waals surface area contributed by atoms with Gasteiger partial charge >= 0.3 is 6.03 Å². The Labute approximate surface area is 191 Å². The van der Waals surface area contributed by atoms with Gasteiger partial charge in [-0.05, 0) is 68.0 Å². The van der Waals surface area contributed by atoms with Crippen LogP contribution in [0.3, 0.4) is 0 Å². The summed E-state index contributed by atoms with van der Waals surface area (Å²) in [6.45, 7) is 7.41. The molecule has 0 aromatic heterocycles. The molecular formula is C26H35N3O3. The minimum absolute atomic E-state index is 0.0655. The van der Waals surface area contributed by atoms with Crippen molar-refractivity contribution in [2.24, 2.45) is 0 Å². The smallest absolute Gasteiger partial charge is 0.321 e. The Morgan fingerprint density at radius 2 is 1.94 bits per heavy atom. The van der Waals surface area contributed by atoms with E-state index in [1.807, 2.05) is 54.3 Å². The Balaban J connectivity index is 1.56. The second kappa shape index (κ2) is 12.2. The topological polar surface area (TPSA) is 70.7 Å². The van der Waals surface area contributed by atoms with Crippen molar-refractivity contribution in [1.29, 1.82) is 0 Å². The maximum absolute atomic E-state index is 12.8. The molecule has 0 aliphatic carbocycles. The highest BCUT2D eigenvalue weighted by Gasteiger charge is 2.25. The van der Waals surface area contributed by atoms with Gasteiger partial charge in [0.15, 0.2) is 0 Å². The molecule has 1 saturated heterocycles. The van der Waals surface area contributed by atoms with Crippen molar-refractivity contribution in [1.82, 2.24) is 10.2 Å². The number of urea groups is 1. The predicted molar refractivity (Wildman–Crippen MR) is 128 cm³/mol. The standard InChI is InChI=1S/C26H35N3O3/c1-3-20-11-13-24(14-12-20)28-26(31)29-16-6-10-23(19-29)21-8-5-9-22(18-21)25(30)27-15-7-17-32-4-2/h5,8-9,11-14,18,23H,3-4,6-7,10,15-17,19H2,1-2H3,(H,27,30)(H,28,31)/t23-/m1/s1. The van der Waals surface area contributed by atoms with Crippen LogP contribution in [0.1, 0.15) is 60.5 Å². The zero-order chi connectivity index (χ0) is 22.8. The summed E-state index contributed by atoms with van der Waals surface area (Å²) in [5, 5.41) is 5.97. The fourth-order valence-corrected chi connectivity index (χ4v) is 4.02. The summed E-state index contributed by atoms with van der Waals surface area (Å²) in [6.07, 6.45) is 3.73. The van der Waals surface area contributed by atoms with Crippen molar-refractivity contribution >= 4 is 17.6 Å². The van der Waals surface area contributed by atoms with Gasteiger partial charge in [0.25, 0.3) is 5.91 Å². The molecule has 172 valence electrons. The normalized spacial score (nSPS) is 15.9. The molecule has 3 rings (SSSR count). The van der Waals surface area contributed by atoms with Crippen molar-refractivity contribution in [3.05, 3.63) is 65.2 Å². The van der Waals surface area contributed by atoms with E-state index in [4.69, 9.17) is 4.74 Å². The molecule has 3 amide bonds. The second-order valence-electron chi connectivity index (χ2n) is 8.20. The molecule has 0 spiro atoms. The molecule has 6 heteroatoms. The Morgan fingerprint density at radius 1 is 1.12 bits per heavy atom. The molecule has 6 nitrogen and oxygen atoms in total. The molecule has 1 aliphatic rings. The lowest BCUT2D eigenvalue weighted by Gasteiger charge is -2.33. The first kappa shape index (κ1) is 23.8. The summed E-state index contributed by atoms with van der Waals surface area (Å²) in [7, 11) is 0. The Bertz CT molecular complexity index is 882. The van der Waals surface area contributed by atoms with Crippen LogP contribution in [0.5, 0.6) is 0 Å². The average Bonchev–Trinajstić information content (AvgIpc) is 2.84. The van der Waals surface area contributed by atoms with Crippen LogP contribution in [0.2, 0.25) is 0 Å². The monoisotopic (exact) mass is 437 g/mol. The maximum atomic E-state index is 12.8. The maximum Gasteiger partial charge on any atom is 0.321 e. The molecule has 2 N–H and O–H groups in total. The van der Waals surface area contributed by atoms with E-state index in [9.17, 15) is 9.59 Å². The number of rotatable bonds is 9. The summed E-state index contributed by atoms with van der Waals surface area (Å²) in [5.41, 5.74) is 3.84. The third-order valence-corrected chi connectivity index (χ3v) is 5.90. The summed E-state index contributed by atoms with van der Waals surface area (Å²) >= 11 is 0. The summed E-state index contributed by atoms with van der Waals surface area (Å²) in [5.74, 6) is 0.159. The first-order valence-corrected chi connectivity index (χ1v) is 11.7. The van der Waals surface area contributed by atoms with E-state index < -0.39 is 0 Å². The molecule has 0 radical (unpaired) electrons. The molecule has 0 bridgehead atoms. The van der Waals surface area contributed by atoms with Gasteiger partial charge in [-0.15, -0.1) is 0 Å². The number of amides is 3. The van der Waals surface area contributed by atoms with Gasteiger partial charge in [0.1, 0.15) is 0 Å². The zero-order valence-corrected chi connectivity index (χ0v) is 19.2. The Kier molecular flexibility index (Phi) is 9.11. The van der Waals surface area contributed by atoms with Crippen molar-refractivity contribution in [3.63, 3.8) is 0 Å². The number of hydrogen-bond donors (Lipinski definition) is 2. The number of benzene rings is 2. The highest BCUT2D eigenvalue weighted by molar-refractivity contribution is 5.94. The van der Waals surface area contributed by atoms with Crippen LogP contribution in [0.15, 0.2) is 48.5 Å².